The molecule has 0 saturated heterocycles. The maximum absolute atomic E-state index is 4.87. The lowest BCUT2D eigenvalue weighted by molar-refractivity contribution is 0.605. The second kappa shape index (κ2) is 6.74. The molecule has 0 spiro atoms. The number of benzene rings is 1. The van der Waals surface area contributed by atoms with Gasteiger partial charge in [-0.1, -0.05) is 37.5 Å². The van der Waals surface area contributed by atoms with Crippen LogP contribution in [0.4, 0.5) is 0 Å². The Morgan fingerprint density at radius 1 is 0.950 bits per heavy atom. The Hall–Kier alpha value is -1.57. The van der Waals surface area contributed by atoms with Crippen LogP contribution in [0.1, 0.15) is 50.5 Å². The van der Waals surface area contributed by atoms with E-state index in [0.717, 1.165) is 13.0 Å². The number of rotatable bonds is 3. The number of hydrogen-bond donors (Lipinski definition) is 1. The first-order valence-electron chi connectivity index (χ1n) is 8.01. The van der Waals surface area contributed by atoms with Gasteiger partial charge in [-0.05, 0) is 43.7 Å². The second-order valence-corrected chi connectivity index (χ2v) is 5.83. The molecular weight excluding hydrogens is 244 g/mol. The summed E-state index contributed by atoms with van der Waals surface area (Å²) in [5.74, 6) is 0. The molecule has 2 heteroatoms. The van der Waals surface area contributed by atoms with Crippen LogP contribution in [0.5, 0.6) is 0 Å². The molecule has 2 nitrogen and oxygen atoms in total. The Bertz CT molecular complexity index is 570. The van der Waals surface area contributed by atoms with Crippen LogP contribution >= 0.6 is 0 Å². The van der Waals surface area contributed by atoms with Crippen molar-refractivity contribution in [2.75, 3.05) is 6.54 Å². The zero-order chi connectivity index (χ0) is 13.6. The van der Waals surface area contributed by atoms with E-state index in [4.69, 9.17) is 4.99 Å². The first-order chi connectivity index (χ1) is 9.93. The average Bonchev–Trinajstić information content (AvgIpc) is 2.84. The summed E-state index contributed by atoms with van der Waals surface area (Å²) < 4.78 is 0. The molecule has 2 aromatic rings. The lowest BCUT2D eigenvalue weighted by Crippen LogP contribution is -2.04. The topological polar surface area (TPSA) is 28.1 Å². The predicted molar refractivity (Wildman–Crippen MR) is 86.6 cm³/mol. The number of H-pyrrole nitrogens is 1. The van der Waals surface area contributed by atoms with Gasteiger partial charge in [0.05, 0.1) is 0 Å². The Morgan fingerprint density at radius 3 is 2.55 bits per heavy atom. The van der Waals surface area contributed by atoms with Crippen LogP contribution in [0.25, 0.3) is 10.9 Å². The minimum atomic E-state index is 0.942. The van der Waals surface area contributed by atoms with Crippen molar-refractivity contribution in [2.45, 2.75) is 51.4 Å². The lowest BCUT2D eigenvalue weighted by atomic mass is 9.99. The fraction of sp³-hybridized carbons (Fsp3) is 0.500. The number of fused-ring (bicyclic) bond motifs is 1. The Labute approximate surface area is 121 Å². The summed E-state index contributed by atoms with van der Waals surface area (Å²) >= 11 is 0. The maximum atomic E-state index is 4.87. The normalized spacial score (nSPS) is 16.9. The second-order valence-electron chi connectivity index (χ2n) is 5.83. The maximum Gasteiger partial charge on any atom is 0.0456 e. The average molecular weight is 268 g/mol. The molecule has 106 valence electrons. The summed E-state index contributed by atoms with van der Waals surface area (Å²) in [6.07, 6.45) is 12.5. The van der Waals surface area contributed by atoms with Crippen molar-refractivity contribution in [1.29, 1.82) is 0 Å². The Balaban J connectivity index is 1.61. The summed E-state index contributed by atoms with van der Waals surface area (Å²) in [5.41, 5.74) is 4.10. The molecule has 1 N–H and O–H groups in total. The van der Waals surface area contributed by atoms with Crippen LogP contribution in [0, 0.1) is 0 Å². The number of aromatic amines is 1. The molecule has 1 aliphatic rings. The molecule has 1 aromatic carbocycles. The first-order valence-corrected chi connectivity index (χ1v) is 8.01. The van der Waals surface area contributed by atoms with Crippen molar-refractivity contribution in [3.63, 3.8) is 0 Å². The summed E-state index contributed by atoms with van der Waals surface area (Å²) in [6, 6.07) is 8.53. The van der Waals surface area contributed by atoms with E-state index >= 15 is 0 Å². The van der Waals surface area contributed by atoms with E-state index in [1.807, 2.05) is 0 Å². The van der Waals surface area contributed by atoms with Gasteiger partial charge in [0.2, 0.25) is 0 Å². The van der Waals surface area contributed by atoms with Crippen molar-refractivity contribution < 1.29 is 0 Å². The van der Waals surface area contributed by atoms with E-state index in [0.29, 0.717) is 0 Å². The quantitative estimate of drug-likeness (QED) is 0.820. The Kier molecular flexibility index (Phi) is 4.52. The molecule has 1 aliphatic carbocycles. The number of nitrogens with zero attached hydrogens (tertiary/aromatic N) is 1. The SMILES string of the molecule is c1ccc2c(CCN=C3CCCCCCC3)c[nH]c2c1. The van der Waals surface area contributed by atoms with Crippen molar-refractivity contribution in [3.8, 4) is 0 Å². The third-order valence-corrected chi connectivity index (χ3v) is 4.32. The number of nitrogens with one attached hydrogen (secondary N) is 1. The van der Waals surface area contributed by atoms with Crippen LogP contribution in [-0.2, 0) is 6.42 Å². The molecule has 0 atom stereocenters. The highest BCUT2D eigenvalue weighted by molar-refractivity contribution is 5.85. The van der Waals surface area contributed by atoms with Gasteiger partial charge >= 0.3 is 0 Å². The van der Waals surface area contributed by atoms with Gasteiger partial charge < -0.3 is 4.98 Å². The standard InChI is InChI=1S/C18H24N2/c1-2-4-8-16(9-5-3-1)19-13-12-15-14-20-18-11-7-6-10-17(15)18/h6-7,10-11,14,20H,1-5,8-9,12-13H2. The molecule has 1 heterocycles. The van der Waals surface area contributed by atoms with Crippen molar-refractivity contribution in [2.24, 2.45) is 4.99 Å². The van der Waals surface area contributed by atoms with Crippen LogP contribution in [-0.4, -0.2) is 17.2 Å². The molecule has 0 radical (unpaired) electrons. The number of hydrogen-bond acceptors (Lipinski definition) is 1. The first kappa shape index (κ1) is 13.4. The summed E-state index contributed by atoms with van der Waals surface area (Å²) in [7, 11) is 0. The minimum absolute atomic E-state index is 0.942. The summed E-state index contributed by atoms with van der Waals surface area (Å²) in [4.78, 5) is 8.22. The van der Waals surface area contributed by atoms with Gasteiger partial charge in [0.25, 0.3) is 0 Å². The lowest BCUT2D eigenvalue weighted by Gasteiger charge is -2.10. The molecule has 1 fully saturated rings. The van der Waals surface area contributed by atoms with Gasteiger partial charge in [-0.3, -0.25) is 4.99 Å². The van der Waals surface area contributed by atoms with E-state index in [2.05, 4.69) is 35.4 Å². The molecule has 3 rings (SSSR count). The predicted octanol–water partition coefficient (Wildman–Crippen LogP) is 4.90. The third kappa shape index (κ3) is 3.30. The van der Waals surface area contributed by atoms with Crippen molar-refractivity contribution >= 4 is 16.6 Å². The van der Waals surface area contributed by atoms with Crippen LogP contribution in [0.15, 0.2) is 35.5 Å². The fourth-order valence-corrected chi connectivity index (χ4v) is 3.14. The Morgan fingerprint density at radius 2 is 1.70 bits per heavy atom. The smallest absolute Gasteiger partial charge is 0.0456 e. The van der Waals surface area contributed by atoms with Crippen molar-refractivity contribution in [1.82, 2.24) is 4.98 Å². The molecule has 0 amide bonds. The van der Waals surface area contributed by atoms with Gasteiger partial charge in [-0.2, -0.15) is 0 Å². The minimum Gasteiger partial charge on any atom is -0.361 e. The van der Waals surface area contributed by atoms with E-state index in [1.165, 1.54) is 67.1 Å². The molecule has 20 heavy (non-hydrogen) atoms. The van der Waals surface area contributed by atoms with E-state index in [-0.39, 0.29) is 0 Å². The van der Waals surface area contributed by atoms with E-state index in [9.17, 15) is 0 Å². The van der Waals surface area contributed by atoms with Gasteiger partial charge in [0, 0.05) is 29.4 Å². The third-order valence-electron chi connectivity index (χ3n) is 4.32. The highest BCUT2D eigenvalue weighted by atomic mass is 14.7. The van der Waals surface area contributed by atoms with Crippen LogP contribution in [0.3, 0.4) is 0 Å². The number of aliphatic imine (C=N–C) groups is 1. The van der Waals surface area contributed by atoms with E-state index in [1.54, 1.807) is 0 Å². The molecule has 0 unspecified atom stereocenters. The summed E-state index contributed by atoms with van der Waals surface area (Å²) in [6.45, 7) is 0.942. The van der Waals surface area contributed by atoms with Gasteiger partial charge in [-0.25, -0.2) is 0 Å². The highest BCUT2D eigenvalue weighted by Gasteiger charge is 2.05. The molecule has 1 aromatic heterocycles. The summed E-state index contributed by atoms with van der Waals surface area (Å²) in [5, 5.41) is 1.35. The number of para-hydroxylation sites is 1. The molecule has 0 aliphatic heterocycles. The molecular formula is C18H24N2. The van der Waals surface area contributed by atoms with Crippen molar-refractivity contribution in [3.05, 3.63) is 36.0 Å². The zero-order valence-electron chi connectivity index (χ0n) is 12.2. The van der Waals surface area contributed by atoms with Gasteiger partial charge in [-0.15, -0.1) is 0 Å². The molecule has 1 saturated carbocycles. The number of aromatic nitrogens is 1. The fourth-order valence-electron chi connectivity index (χ4n) is 3.14. The highest BCUT2D eigenvalue weighted by Crippen LogP contribution is 2.19. The largest absolute Gasteiger partial charge is 0.361 e. The van der Waals surface area contributed by atoms with Gasteiger partial charge in [0.1, 0.15) is 0 Å². The van der Waals surface area contributed by atoms with E-state index < -0.39 is 0 Å². The zero-order valence-corrected chi connectivity index (χ0v) is 12.2. The van der Waals surface area contributed by atoms with Gasteiger partial charge in [0.15, 0.2) is 0 Å². The monoisotopic (exact) mass is 268 g/mol. The van der Waals surface area contributed by atoms with Crippen LogP contribution < -0.4 is 0 Å². The molecule has 0 bridgehead atoms. The van der Waals surface area contributed by atoms with Crippen LogP contribution in [0.2, 0.25) is 0 Å².